The van der Waals surface area contributed by atoms with Crippen molar-refractivity contribution < 1.29 is 14.6 Å². The number of carbonyl (C=O) groups excluding carboxylic acids is 1. The molecule has 0 fully saturated rings. The molecule has 31 heavy (non-hydrogen) atoms. The fourth-order valence-corrected chi connectivity index (χ4v) is 5.70. The summed E-state index contributed by atoms with van der Waals surface area (Å²) in [5.41, 5.74) is 3.44. The summed E-state index contributed by atoms with van der Waals surface area (Å²) >= 11 is 0. The zero-order valence-corrected chi connectivity index (χ0v) is 19.2. The van der Waals surface area contributed by atoms with Crippen LogP contribution in [0.1, 0.15) is 35.6 Å². The molecule has 0 radical (unpaired) electrons. The number of nitrogens with zero attached hydrogens (tertiary/aromatic N) is 2. The molecule has 7 heteroatoms. The van der Waals surface area contributed by atoms with Crippen LogP contribution in [0.2, 0.25) is 19.1 Å². The third-order valence-electron chi connectivity index (χ3n) is 6.68. The molecule has 0 aliphatic carbocycles. The minimum absolute atomic E-state index is 0.104. The van der Waals surface area contributed by atoms with Crippen LogP contribution >= 0.6 is 0 Å². The van der Waals surface area contributed by atoms with Crippen LogP contribution in [0, 0.1) is 0 Å². The molecular formula is C24H26N2O4Si. The molecule has 0 saturated carbocycles. The number of ether oxygens (including phenoxy) is 1. The fourth-order valence-electron chi connectivity index (χ4n) is 4.83. The topological polar surface area (TPSA) is 81.4 Å². The first-order valence-electron chi connectivity index (χ1n) is 10.9. The second-order valence-corrected chi connectivity index (χ2v) is 12.3. The van der Waals surface area contributed by atoms with Gasteiger partial charge in [0.1, 0.15) is 6.61 Å². The maximum absolute atomic E-state index is 13.4. The van der Waals surface area contributed by atoms with Crippen LogP contribution in [0.4, 0.5) is 0 Å². The lowest BCUT2D eigenvalue weighted by Crippen LogP contribution is -2.44. The van der Waals surface area contributed by atoms with Gasteiger partial charge in [0.05, 0.1) is 29.0 Å². The molecule has 0 saturated heterocycles. The normalized spacial score (nSPS) is 19.3. The van der Waals surface area contributed by atoms with E-state index in [9.17, 15) is 14.7 Å². The monoisotopic (exact) mass is 434 g/mol. The number of rotatable bonds is 4. The van der Waals surface area contributed by atoms with E-state index in [4.69, 9.17) is 9.72 Å². The van der Waals surface area contributed by atoms with Crippen LogP contribution in [0.25, 0.3) is 22.3 Å². The SMILES string of the molecule is CC[C@@]1(O)C(=O)OCc2c1cc1n(c2=O)Cc2c-1nc1ccccc1c2CC[SiH](C)C. The number of hydrogen-bond donors (Lipinski definition) is 1. The summed E-state index contributed by atoms with van der Waals surface area (Å²) in [5, 5.41) is 12.2. The third-order valence-corrected chi connectivity index (χ3v) is 8.13. The smallest absolute Gasteiger partial charge is 0.343 e. The standard InChI is InChI=1S/C24H26N2O4Si/c1-4-24(29)18-11-20-21-16(12-26(20)22(27)17(18)13-30-23(24)28)14(9-10-31(2)3)15-7-5-6-8-19(15)25-21/h5-8,11,29,31H,4,9-10,12-13H2,1-3H3/t24-/m0/s1. The van der Waals surface area contributed by atoms with Gasteiger partial charge in [0, 0.05) is 25.3 Å². The van der Waals surface area contributed by atoms with E-state index in [2.05, 4.69) is 19.2 Å². The van der Waals surface area contributed by atoms with Gasteiger partial charge in [-0.25, -0.2) is 9.78 Å². The molecule has 0 bridgehead atoms. The van der Waals surface area contributed by atoms with Gasteiger partial charge in [-0.15, -0.1) is 0 Å². The molecule has 1 aromatic carbocycles. The van der Waals surface area contributed by atoms with Crippen molar-refractivity contribution in [3.05, 3.63) is 62.9 Å². The van der Waals surface area contributed by atoms with Crippen molar-refractivity contribution in [3.63, 3.8) is 0 Å². The Morgan fingerprint density at radius 2 is 2.00 bits per heavy atom. The number of hydrogen-bond acceptors (Lipinski definition) is 5. The van der Waals surface area contributed by atoms with Crippen LogP contribution in [0.3, 0.4) is 0 Å². The Kier molecular flexibility index (Phi) is 4.64. The molecule has 0 unspecified atom stereocenters. The van der Waals surface area contributed by atoms with Gasteiger partial charge in [0.25, 0.3) is 5.56 Å². The Labute approximate surface area is 182 Å². The number of cyclic esters (lactones) is 1. The molecule has 5 rings (SSSR count). The summed E-state index contributed by atoms with van der Waals surface area (Å²) in [4.78, 5) is 30.7. The highest BCUT2D eigenvalue weighted by Crippen LogP contribution is 2.40. The summed E-state index contributed by atoms with van der Waals surface area (Å²) < 4.78 is 6.89. The summed E-state index contributed by atoms with van der Waals surface area (Å²) in [5.74, 6) is -0.695. The molecule has 2 aliphatic heterocycles. The predicted molar refractivity (Wildman–Crippen MR) is 122 cm³/mol. The van der Waals surface area contributed by atoms with Crippen LogP contribution < -0.4 is 5.56 Å². The minimum Gasteiger partial charge on any atom is -0.458 e. The van der Waals surface area contributed by atoms with Crippen LogP contribution in [0.15, 0.2) is 35.1 Å². The van der Waals surface area contributed by atoms with Crippen molar-refractivity contribution in [2.24, 2.45) is 0 Å². The lowest BCUT2D eigenvalue weighted by atomic mass is 9.86. The van der Waals surface area contributed by atoms with Crippen molar-refractivity contribution in [3.8, 4) is 11.4 Å². The first-order valence-corrected chi connectivity index (χ1v) is 14.1. The van der Waals surface area contributed by atoms with Crippen LogP contribution in [-0.4, -0.2) is 29.4 Å². The second-order valence-electron chi connectivity index (χ2n) is 8.97. The van der Waals surface area contributed by atoms with E-state index in [0.717, 1.165) is 28.6 Å². The number of esters is 1. The van der Waals surface area contributed by atoms with E-state index >= 15 is 0 Å². The van der Waals surface area contributed by atoms with E-state index in [1.807, 2.05) is 18.2 Å². The molecular weight excluding hydrogens is 408 g/mol. The summed E-state index contributed by atoms with van der Waals surface area (Å²) in [7, 11) is -0.756. The molecule has 160 valence electrons. The lowest BCUT2D eigenvalue weighted by molar-refractivity contribution is -0.172. The summed E-state index contributed by atoms with van der Waals surface area (Å²) in [6, 6.07) is 11.1. The van der Waals surface area contributed by atoms with Crippen molar-refractivity contribution >= 4 is 25.7 Å². The van der Waals surface area contributed by atoms with Crippen molar-refractivity contribution in [2.75, 3.05) is 0 Å². The van der Waals surface area contributed by atoms with Gasteiger partial charge < -0.3 is 14.4 Å². The molecule has 2 aromatic heterocycles. The number of aromatic nitrogens is 2. The molecule has 6 nitrogen and oxygen atoms in total. The maximum Gasteiger partial charge on any atom is 0.343 e. The number of fused-ring (bicyclic) bond motifs is 5. The Morgan fingerprint density at radius 1 is 1.23 bits per heavy atom. The van der Waals surface area contributed by atoms with E-state index < -0.39 is 20.4 Å². The first kappa shape index (κ1) is 20.1. The predicted octanol–water partition coefficient (Wildman–Crippen LogP) is 3.11. The van der Waals surface area contributed by atoms with Crippen LogP contribution in [-0.2, 0) is 34.7 Å². The van der Waals surface area contributed by atoms with E-state index in [0.29, 0.717) is 23.4 Å². The highest BCUT2D eigenvalue weighted by molar-refractivity contribution is 6.55. The average Bonchev–Trinajstić information content (AvgIpc) is 3.13. The van der Waals surface area contributed by atoms with Crippen molar-refractivity contribution in [2.45, 2.75) is 57.7 Å². The maximum atomic E-state index is 13.4. The Bertz CT molecular complexity index is 1300. The molecule has 4 heterocycles. The Morgan fingerprint density at radius 3 is 2.74 bits per heavy atom. The van der Waals surface area contributed by atoms with Gasteiger partial charge in [-0.1, -0.05) is 44.3 Å². The highest BCUT2D eigenvalue weighted by Gasteiger charge is 2.45. The number of carbonyl (C=O) groups is 1. The first-order chi connectivity index (χ1) is 14.8. The second kappa shape index (κ2) is 7.14. The number of benzene rings is 1. The lowest BCUT2D eigenvalue weighted by Gasteiger charge is -2.31. The Balaban J connectivity index is 1.77. The third kappa shape index (κ3) is 2.91. The largest absolute Gasteiger partial charge is 0.458 e. The number of aryl methyl sites for hydroxylation is 1. The molecule has 2 aliphatic rings. The van der Waals surface area contributed by atoms with E-state index in [1.165, 1.54) is 11.6 Å². The summed E-state index contributed by atoms with van der Waals surface area (Å²) in [6.45, 7) is 6.77. The van der Waals surface area contributed by atoms with Crippen molar-refractivity contribution in [1.29, 1.82) is 0 Å². The van der Waals surface area contributed by atoms with Gasteiger partial charge in [0.2, 0.25) is 0 Å². The number of aliphatic hydroxyl groups is 1. The minimum atomic E-state index is -1.80. The summed E-state index contributed by atoms with van der Waals surface area (Å²) in [6.07, 6.45) is 1.11. The number of para-hydroxylation sites is 1. The average molecular weight is 435 g/mol. The quantitative estimate of drug-likeness (QED) is 0.394. The molecule has 1 N–H and O–H groups in total. The van der Waals surface area contributed by atoms with Gasteiger partial charge in [0.15, 0.2) is 5.60 Å². The van der Waals surface area contributed by atoms with Gasteiger partial charge in [-0.3, -0.25) is 4.79 Å². The molecule has 0 amide bonds. The van der Waals surface area contributed by atoms with Gasteiger partial charge in [-0.2, -0.15) is 0 Å². The van der Waals surface area contributed by atoms with Gasteiger partial charge >= 0.3 is 5.97 Å². The highest BCUT2D eigenvalue weighted by atomic mass is 28.3. The zero-order chi connectivity index (χ0) is 21.9. The van der Waals surface area contributed by atoms with Crippen molar-refractivity contribution in [1.82, 2.24) is 9.55 Å². The van der Waals surface area contributed by atoms with Gasteiger partial charge in [-0.05, 0) is 30.5 Å². The Hall–Kier alpha value is -2.77. The van der Waals surface area contributed by atoms with E-state index in [-0.39, 0.29) is 18.6 Å². The zero-order valence-electron chi connectivity index (χ0n) is 18.1. The molecule has 0 spiro atoms. The molecule has 1 atom stereocenters. The number of pyridine rings is 2. The fraction of sp³-hybridized carbons (Fsp3) is 0.375. The van der Waals surface area contributed by atoms with E-state index in [1.54, 1.807) is 17.6 Å². The van der Waals surface area contributed by atoms with Crippen LogP contribution in [0.5, 0.6) is 0 Å². The molecule has 3 aromatic rings.